The predicted octanol–water partition coefficient (Wildman–Crippen LogP) is 3.93. The molecule has 1 aliphatic rings. The molecule has 2 amide bonds. The first-order chi connectivity index (χ1) is 12.5. The van der Waals surface area contributed by atoms with Gasteiger partial charge in [-0.15, -0.1) is 0 Å². The van der Waals surface area contributed by atoms with Crippen molar-refractivity contribution in [2.45, 2.75) is 13.0 Å². The van der Waals surface area contributed by atoms with Crippen LogP contribution in [0.25, 0.3) is 0 Å². The molecule has 3 rings (SSSR count). The number of hydrogen-bond donors (Lipinski definition) is 2. The zero-order chi connectivity index (χ0) is 18.7. The standard InChI is InChI=1S/C19H17ClN2O4/c1-11-16(18(23)25-2)17(22-19(24)21-11)12-3-7-14(8-4-12)26-15-9-5-13(20)6-10-15/h3-10,17H,1-2H3,(H2,21,22,24). The lowest BCUT2D eigenvalue weighted by Gasteiger charge is -2.27. The zero-order valence-corrected chi connectivity index (χ0v) is 15.0. The number of urea groups is 1. The molecule has 1 atom stereocenters. The minimum absolute atomic E-state index is 0.360. The van der Waals surface area contributed by atoms with Crippen LogP contribution in [0.3, 0.4) is 0 Å². The van der Waals surface area contributed by atoms with E-state index < -0.39 is 12.0 Å². The fourth-order valence-corrected chi connectivity index (χ4v) is 2.82. The summed E-state index contributed by atoms with van der Waals surface area (Å²) in [6.45, 7) is 1.66. The summed E-state index contributed by atoms with van der Waals surface area (Å²) >= 11 is 5.86. The number of amides is 2. The molecule has 6 nitrogen and oxygen atoms in total. The van der Waals surface area contributed by atoms with E-state index in [1.807, 2.05) is 0 Å². The van der Waals surface area contributed by atoms with Crippen molar-refractivity contribution in [1.82, 2.24) is 10.6 Å². The molecule has 1 unspecified atom stereocenters. The molecule has 2 N–H and O–H groups in total. The van der Waals surface area contributed by atoms with E-state index in [4.69, 9.17) is 21.1 Å². The maximum absolute atomic E-state index is 12.1. The van der Waals surface area contributed by atoms with Gasteiger partial charge in [0.05, 0.1) is 18.7 Å². The molecular formula is C19H17ClN2O4. The lowest BCUT2D eigenvalue weighted by molar-refractivity contribution is -0.136. The third kappa shape index (κ3) is 3.81. The van der Waals surface area contributed by atoms with Gasteiger partial charge in [0.1, 0.15) is 11.5 Å². The van der Waals surface area contributed by atoms with Crippen molar-refractivity contribution in [1.29, 1.82) is 0 Å². The van der Waals surface area contributed by atoms with Gasteiger partial charge in [0, 0.05) is 10.7 Å². The van der Waals surface area contributed by atoms with E-state index in [1.54, 1.807) is 55.5 Å². The number of nitrogens with one attached hydrogen (secondary N) is 2. The number of benzene rings is 2. The van der Waals surface area contributed by atoms with E-state index >= 15 is 0 Å². The maximum atomic E-state index is 12.1. The number of allylic oxidation sites excluding steroid dienone is 1. The Morgan fingerprint density at radius 1 is 1.04 bits per heavy atom. The van der Waals surface area contributed by atoms with Gasteiger partial charge >= 0.3 is 12.0 Å². The molecule has 0 radical (unpaired) electrons. The molecule has 1 aliphatic heterocycles. The molecule has 0 bridgehead atoms. The van der Waals surface area contributed by atoms with Gasteiger partial charge < -0.3 is 20.1 Å². The van der Waals surface area contributed by atoms with E-state index in [-0.39, 0.29) is 6.03 Å². The average Bonchev–Trinajstić information content (AvgIpc) is 2.63. The molecule has 2 aromatic carbocycles. The van der Waals surface area contributed by atoms with Gasteiger partial charge in [-0.05, 0) is 48.9 Å². The van der Waals surface area contributed by atoms with Crippen LogP contribution in [-0.4, -0.2) is 19.1 Å². The van der Waals surface area contributed by atoms with Crippen LogP contribution in [0.4, 0.5) is 4.79 Å². The van der Waals surface area contributed by atoms with Crippen LogP contribution in [0, 0.1) is 0 Å². The predicted molar refractivity (Wildman–Crippen MR) is 97.1 cm³/mol. The topological polar surface area (TPSA) is 76.7 Å². The summed E-state index contributed by atoms with van der Waals surface area (Å²) in [6, 6.07) is 13.2. The highest BCUT2D eigenvalue weighted by Gasteiger charge is 2.31. The lowest BCUT2D eigenvalue weighted by Crippen LogP contribution is -2.45. The van der Waals surface area contributed by atoms with Gasteiger partial charge in [0.2, 0.25) is 0 Å². The van der Waals surface area contributed by atoms with Crippen LogP contribution >= 0.6 is 11.6 Å². The molecule has 0 spiro atoms. The summed E-state index contributed by atoms with van der Waals surface area (Å²) in [4.78, 5) is 23.9. The Balaban J connectivity index is 1.84. The van der Waals surface area contributed by atoms with Gasteiger partial charge in [-0.2, -0.15) is 0 Å². The van der Waals surface area contributed by atoms with E-state index in [9.17, 15) is 9.59 Å². The van der Waals surface area contributed by atoms with Crippen LogP contribution < -0.4 is 15.4 Å². The highest BCUT2D eigenvalue weighted by molar-refractivity contribution is 6.30. The molecule has 1 heterocycles. The Kier molecular flexibility index (Phi) is 5.14. The summed E-state index contributed by atoms with van der Waals surface area (Å²) in [5.74, 6) is 0.779. The van der Waals surface area contributed by atoms with E-state index in [1.165, 1.54) is 7.11 Å². The largest absolute Gasteiger partial charge is 0.466 e. The first-order valence-corrected chi connectivity index (χ1v) is 8.25. The number of esters is 1. The average molecular weight is 373 g/mol. The number of carbonyl (C=O) groups is 2. The molecule has 0 aliphatic carbocycles. The fourth-order valence-electron chi connectivity index (χ4n) is 2.69. The highest BCUT2D eigenvalue weighted by atomic mass is 35.5. The summed E-state index contributed by atoms with van der Waals surface area (Å²) in [7, 11) is 1.30. The molecule has 26 heavy (non-hydrogen) atoms. The van der Waals surface area contributed by atoms with E-state index in [2.05, 4.69) is 10.6 Å². The Morgan fingerprint density at radius 3 is 2.19 bits per heavy atom. The SMILES string of the molecule is COC(=O)C1=C(C)NC(=O)NC1c1ccc(Oc2ccc(Cl)cc2)cc1. The number of carbonyl (C=O) groups excluding carboxylic acids is 2. The zero-order valence-electron chi connectivity index (χ0n) is 14.2. The van der Waals surface area contributed by atoms with Gasteiger partial charge in [0.15, 0.2) is 0 Å². The second-order valence-electron chi connectivity index (χ2n) is 5.69. The van der Waals surface area contributed by atoms with Gasteiger partial charge in [-0.25, -0.2) is 9.59 Å². The van der Waals surface area contributed by atoms with Gasteiger partial charge in [-0.3, -0.25) is 0 Å². The number of hydrogen-bond acceptors (Lipinski definition) is 4. The molecule has 2 aromatic rings. The third-order valence-electron chi connectivity index (χ3n) is 3.94. The van der Waals surface area contributed by atoms with Crippen LogP contribution in [0.2, 0.25) is 5.02 Å². The molecule has 0 aromatic heterocycles. The number of rotatable bonds is 4. The molecular weight excluding hydrogens is 356 g/mol. The molecule has 0 saturated heterocycles. The maximum Gasteiger partial charge on any atom is 0.337 e. The number of methoxy groups -OCH3 is 1. The monoisotopic (exact) mass is 372 g/mol. The molecule has 134 valence electrons. The van der Waals surface area contributed by atoms with Gasteiger partial charge in [0.25, 0.3) is 0 Å². The van der Waals surface area contributed by atoms with Gasteiger partial charge in [-0.1, -0.05) is 23.7 Å². The molecule has 0 saturated carbocycles. The van der Waals surface area contributed by atoms with Crippen molar-refractivity contribution in [3.8, 4) is 11.5 Å². The summed E-state index contributed by atoms with van der Waals surface area (Å²) < 4.78 is 10.6. The van der Waals surface area contributed by atoms with E-state index in [0.717, 1.165) is 5.56 Å². The second kappa shape index (κ2) is 7.49. The Bertz CT molecular complexity index is 860. The third-order valence-corrected chi connectivity index (χ3v) is 4.19. The summed E-state index contributed by atoms with van der Waals surface area (Å²) in [5, 5.41) is 5.96. The van der Waals surface area contributed by atoms with Crippen LogP contribution in [0.1, 0.15) is 18.5 Å². The van der Waals surface area contributed by atoms with Crippen molar-refractivity contribution in [3.63, 3.8) is 0 Å². The summed E-state index contributed by atoms with van der Waals surface area (Å²) in [5.41, 5.74) is 1.56. The minimum Gasteiger partial charge on any atom is -0.466 e. The number of halogens is 1. The highest BCUT2D eigenvalue weighted by Crippen LogP contribution is 2.30. The van der Waals surface area contributed by atoms with Crippen molar-refractivity contribution in [2.24, 2.45) is 0 Å². The summed E-state index contributed by atoms with van der Waals surface area (Å²) in [6.07, 6.45) is 0. The van der Waals surface area contributed by atoms with Crippen LogP contribution in [-0.2, 0) is 9.53 Å². The molecule has 7 heteroatoms. The second-order valence-corrected chi connectivity index (χ2v) is 6.12. The first-order valence-electron chi connectivity index (χ1n) is 7.88. The normalized spacial score (nSPS) is 16.6. The van der Waals surface area contributed by atoms with Crippen molar-refractivity contribution in [3.05, 3.63) is 70.4 Å². The fraction of sp³-hybridized carbons (Fsp3) is 0.158. The van der Waals surface area contributed by atoms with Crippen LogP contribution in [0.15, 0.2) is 59.8 Å². The van der Waals surface area contributed by atoms with Crippen molar-refractivity contribution >= 4 is 23.6 Å². The Hall–Kier alpha value is -2.99. The lowest BCUT2D eigenvalue weighted by atomic mass is 9.95. The minimum atomic E-state index is -0.596. The molecule has 0 fully saturated rings. The smallest absolute Gasteiger partial charge is 0.337 e. The van der Waals surface area contributed by atoms with E-state index in [0.29, 0.717) is 27.8 Å². The quantitative estimate of drug-likeness (QED) is 0.797. The van der Waals surface area contributed by atoms with Crippen molar-refractivity contribution < 1.29 is 19.1 Å². The Morgan fingerprint density at radius 2 is 1.62 bits per heavy atom. The van der Waals surface area contributed by atoms with Crippen molar-refractivity contribution in [2.75, 3.05) is 7.11 Å². The Labute approximate surface area is 155 Å². The number of ether oxygens (including phenoxy) is 2. The van der Waals surface area contributed by atoms with Crippen LogP contribution in [0.5, 0.6) is 11.5 Å². The first kappa shape index (κ1) is 17.8.